The molecule has 11 heteroatoms. The van der Waals surface area contributed by atoms with Crippen molar-refractivity contribution in [2.24, 2.45) is 0 Å². The van der Waals surface area contributed by atoms with Crippen LogP contribution >= 0.6 is 11.6 Å². The third kappa shape index (κ3) is 6.64. The van der Waals surface area contributed by atoms with Crippen LogP contribution in [-0.4, -0.2) is 20.4 Å². The molecule has 3 aromatic carbocycles. The second-order valence-electron chi connectivity index (χ2n) is 7.17. The smallest absolute Gasteiger partial charge is 0.416 e. The van der Waals surface area contributed by atoms with Gasteiger partial charge in [-0.25, -0.2) is 8.42 Å². The van der Waals surface area contributed by atoms with Gasteiger partial charge in [-0.2, -0.15) is 13.2 Å². The number of hydrogen-bond donors (Lipinski definition) is 2. The van der Waals surface area contributed by atoms with Crippen molar-refractivity contribution in [3.63, 3.8) is 0 Å². The average molecular weight is 513 g/mol. The lowest BCUT2D eigenvalue weighted by atomic mass is 10.2. The number of halogens is 4. The van der Waals surface area contributed by atoms with Crippen molar-refractivity contribution in [3.05, 3.63) is 83.4 Å². The fourth-order valence-corrected chi connectivity index (χ4v) is 4.09. The Bertz CT molecular complexity index is 1250. The summed E-state index contributed by atoms with van der Waals surface area (Å²) < 4.78 is 71.5. The summed E-state index contributed by atoms with van der Waals surface area (Å²) in [5.74, 6) is 0.0312. The molecular weight excluding hydrogens is 493 g/mol. The van der Waals surface area contributed by atoms with E-state index in [1.165, 1.54) is 30.3 Å². The molecule has 0 aliphatic carbocycles. The molecule has 34 heavy (non-hydrogen) atoms. The highest BCUT2D eigenvalue weighted by molar-refractivity contribution is 7.92. The van der Waals surface area contributed by atoms with Crippen LogP contribution in [0.5, 0.6) is 5.75 Å². The minimum Gasteiger partial charge on any atom is -0.481 e. The van der Waals surface area contributed by atoms with E-state index in [4.69, 9.17) is 16.3 Å². The van der Waals surface area contributed by atoms with Gasteiger partial charge in [-0.05, 0) is 73.2 Å². The molecule has 1 atom stereocenters. The van der Waals surface area contributed by atoms with Gasteiger partial charge in [-0.15, -0.1) is 0 Å². The van der Waals surface area contributed by atoms with Crippen LogP contribution in [0.2, 0.25) is 5.02 Å². The van der Waals surface area contributed by atoms with Gasteiger partial charge in [0.1, 0.15) is 5.75 Å². The SMILES string of the molecule is CC[C@H](Oc1ccc(Cl)cc1)C(=O)Nc1ccc(S(=O)(=O)Nc2cccc(C(F)(F)F)c2)cc1. The van der Waals surface area contributed by atoms with E-state index in [-0.39, 0.29) is 10.6 Å². The van der Waals surface area contributed by atoms with Crippen molar-refractivity contribution in [3.8, 4) is 5.75 Å². The van der Waals surface area contributed by atoms with Crippen molar-refractivity contribution in [2.45, 2.75) is 30.5 Å². The molecule has 2 N–H and O–H groups in total. The molecule has 0 saturated heterocycles. The Morgan fingerprint density at radius 3 is 2.24 bits per heavy atom. The van der Waals surface area contributed by atoms with E-state index in [9.17, 15) is 26.4 Å². The molecule has 0 fully saturated rings. The van der Waals surface area contributed by atoms with Crippen LogP contribution in [0.15, 0.2) is 77.7 Å². The maximum absolute atomic E-state index is 12.9. The molecule has 0 aliphatic heterocycles. The Labute approximate surface area is 199 Å². The van der Waals surface area contributed by atoms with Gasteiger partial charge >= 0.3 is 6.18 Å². The minimum absolute atomic E-state index is 0.188. The van der Waals surface area contributed by atoms with E-state index in [1.807, 2.05) is 0 Å². The molecule has 0 aliphatic rings. The first-order valence-corrected chi connectivity index (χ1v) is 11.9. The minimum atomic E-state index is -4.60. The second kappa shape index (κ2) is 10.4. The fraction of sp³-hybridized carbons (Fsp3) is 0.174. The average Bonchev–Trinajstić information content (AvgIpc) is 2.78. The largest absolute Gasteiger partial charge is 0.481 e. The van der Waals surface area contributed by atoms with Gasteiger partial charge in [-0.3, -0.25) is 9.52 Å². The summed E-state index contributed by atoms with van der Waals surface area (Å²) in [4.78, 5) is 12.4. The summed E-state index contributed by atoms with van der Waals surface area (Å²) in [5, 5.41) is 3.18. The van der Waals surface area contributed by atoms with Crippen molar-refractivity contribution in [2.75, 3.05) is 10.0 Å². The lowest BCUT2D eigenvalue weighted by molar-refractivity contribution is -0.137. The Kier molecular flexibility index (Phi) is 7.73. The van der Waals surface area contributed by atoms with E-state index in [0.717, 1.165) is 12.1 Å². The molecule has 1 amide bonds. The summed E-state index contributed by atoms with van der Waals surface area (Å²) in [7, 11) is -4.15. The Morgan fingerprint density at radius 2 is 1.65 bits per heavy atom. The van der Waals surface area contributed by atoms with Crippen LogP contribution in [0.3, 0.4) is 0 Å². The van der Waals surface area contributed by atoms with E-state index >= 15 is 0 Å². The van der Waals surface area contributed by atoms with Crippen LogP contribution in [0.25, 0.3) is 0 Å². The number of ether oxygens (including phenoxy) is 1. The topological polar surface area (TPSA) is 84.5 Å². The highest BCUT2D eigenvalue weighted by Gasteiger charge is 2.30. The number of rotatable bonds is 8. The molecule has 0 heterocycles. The van der Waals surface area contributed by atoms with Gasteiger partial charge in [0.05, 0.1) is 10.5 Å². The Morgan fingerprint density at radius 1 is 1.00 bits per heavy atom. The summed E-state index contributed by atoms with van der Waals surface area (Å²) in [5.41, 5.74) is -0.879. The van der Waals surface area contributed by atoms with E-state index < -0.39 is 33.8 Å². The molecule has 3 rings (SSSR count). The van der Waals surface area contributed by atoms with Crippen molar-refractivity contribution < 1.29 is 31.1 Å². The first-order chi connectivity index (χ1) is 16.0. The highest BCUT2D eigenvalue weighted by Crippen LogP contribution is 2.31. The van der Waals surface area contributed by atoms with Gasteiger partial charge in [0, 0.05) is 16.4 Å². The first-order valence-electron chi connectivity index (χ1n) is 10.0. The van der Waals surface area contributed by atoms with E-state index in [1.54, 1.807) is 31.2 Å². The zero-order valence-electron chi connectivity index (χ0n) is 17.8. The zero-order valence-corrected chi connectivity index (χ0v) is 19.3. The van der Waals surface area contributed by atoms with E-state index in [2.05, 4.69) is 10.0 Å². The number of alkyl halides is 3. The number of amides is 1. The Hall–Kier alpha value is -3.24. The third-order valence-electron chi connectivity index (χ3n) is 4.63. The molecule has 0 radical (unpaired) electrons. The normalized spacial score (nSPS) is 12.6. The molecule has 6 nitrogen and oxygen atoms in total. The quantitative estimate of drug-likeness (QED) is 0.390. The molecule has 0 saturated carbocycles. The molecule has 0 unspecified atom stereocenters. The van der Waals surface area contributed by atoms with Gasteiger partial charge in [0.15, 0.2) is 6.10 Å². The maximum Gasteiger partial charge on any atom is 0.416 e. The fourth-order valence-electron chi connectivity index (χ4n) is 2.91. The molecule has 0 bridgehead atoms. The predicted molar refractivity (Wildman–Crippen MR) is 123 cm³/mol. The first kappa shape index (κ1) is 25.4. The predicted octanol–water partition coefficient (Wildman–Crippen LogP) is 5.96. The number of sulfonamides is 1. The number of anilines is 2. The molecule has 0 aromatic heterocycles. The van der Waals surface area contributed by atoms with Gasteiger partial charge in [0.2, 0.25) is 0 Å². The number of hydrogen-bond acceptors (Lipinski definition) is 4. The van der Waals surface area contributed by atoms with Crippen molar-refractivity contribution in [1.82, 2.24) is 0 Å². The highest BCUT2D eigenvalue weighted by atomic mass is 35.5. The van der Waals surface area contributed by atoms with Crippen LogP contribution in [-0.2, 0) is 21.0 Å². The maximum atomic E-state index is 12.9. The number of carbonyl (C=O) groups excluding carboxylic acids is 1. The van der Waals surface area contributed by atoms with Gasteiger partial charge < -0.3 is 10.1 Å². The molecule has 180 valence electrons. The molecule has 0 spiro atoms. The van der Waals surface area contributed by atoms with Crippen molar-refractivity contribution >= 4 is 38.9 Å². The van der Waals surface area contributed by atoms with Crippen LogP contribution in [0, 0.1) is 0 Å². The number of carbonyl (C=O) groups is 1. The summed E-state index contributed by atoms with van der Waals surface area (Å²) in [6.07, 6.45) is -5.02. The summed E-state index contributed by atoms with van der Waals surface area (Å²) in [6, 6.07) is 15.6. The van der Waals surface area contributed by atoms with Crippen LogP contribution in [0.4, 0.5) is 24.5 Å². The second-order valence-corrected chi connectivity index (χ2v) is 9.29. The lowest BCUT2D eigenvalue weighted by Crippen LogP contribution is -2.32. The monoisotopic (exact) mass is 512 g/mol. The van der Waals surface area contributed by atoms with Gasteiger partial charge in [-0.1, -0.05) is 24.6 Å². The third-order valence-corrected chi connectivity index (χ3v) is 6.28. The summed E-state index contributed by atoms with van der Waals surface area (Å²) in [6.45, 7) is 1.77. The van der Waals surface area contributed by atoms with Gasteiger partial charge in [0.25, 0.3) is 15.9 Å². The van der Waals surface area contributed by atoms with Crippen LogP contribution < -0.4 is 14.8 Å². The van der Waals surface area contributed by atoms with Crippen molar-refractivity contribution in [1.29, 1.82) is 0 Å². The van der Waals surface area contributed by atoms with Crippen LogP contribution in [0.1, 0.15) is 18.9 Å². The summed E-state index contributed by atoms with van der Waals surface area (Å²) >= 11 is 5.84. The lowest BCUT2D eigenvalue weighted by Gasteiger charge is -2.17. The zero-order chi connectivity index (χ0) is 24.9. The molecular formula is C23H20ClF3N2O4S. The number of nitrogens with one attached hydrogen (secondary N) is 2. The molecule has 3 aromatic rings. The number of benzene rings is 3. The Balaban J connectivity index is 1.67. The van der Waals surface area contributed by atoms with E-state index in [0.29, 0.717) is 28.9 Å². The standard InChI is InChI=1S/C23H20ClF3N2O4S/c1-2-21(33-19-10-6-16(24)7-11-19)22(30)28-17-8-12-20(13-9-17)34(31,32)29-18-5-3-4-15(14-18)23(25,26)27/h3-14,21,29H,2H2,1H3,(H,28,30)/t21-/m0/s1.